The maximum atomic E-state index is 2.75. The molecule has 0 radical (unpaired) electrons. The van der Waals surface area contributed by atoms with Crippen molar-refractivity contribution in [2.24, 2.45) is 11.3 Å². The molecule has 0 aromatic carbocycles. The summed E-state index contributed by atoms with van der Waals surface area (Å²) in [5, 5.41) is 0. The summed E-state index contributed by atoms with van der Waals surface area (Å²) in [4.78, 5) is 8.07. The van der Waals surface area contributed by atoms with E-state index in [-0.39, 0.29) is 0 Å². The molecular formula is C18H35N3. The standard InChI is InChI=1S/C18H35N3/c1-15(2)20-8-5-17(6-9-20)11-19-12-18(13-19)7-10-21(14-18)16(3)4/h15-17H,5-14H2,1-4H3. The molecule has 21 heavy (non-hydrogen) atoms. The van der Waals surface area contributed by atoms with Gasteiger partial charge in [0.05, 0.1) is 0 Å². The number of hydrogen-bond donors (Lipinski definition) is 0. The molecule has 0 unspecified atom stereocenters. The molecule has 0 aromatic rings. The average Bonchev–Trinajstić information content (AvgIpc) is 2.84. The van der Waals surface area contributed by atoms with Crippen molar-refractivity contribution in [3.63, 3.8) is 0 Å². The lowest BCUT2D eigenvalue weighted by Gasteiger charge is -2.50. The molecule has 3 heteroatoms. The first-order valence-electron chi connectivity index (χ1n) is 9.18. The Morgan fingerprint density at radius 2 is 1.48 bits per heavy atom. The first kappa shape index (κ1) is 15.8. The Labute approximate surface area is 131 Å². The van der Waals surface area contributed by atoms with Crippen LogP contribution in [-0.4, -0.2) is 72.6 Å². The highest BCUT2D eigenvalue weighted by atomic mass is 15.3. The van der Waals surface area contributed by atoms with Gasteiger partial charge in [-0.1, -0.05) is 0 Å². The molecule has 0 N–H and O–H groups in total. The fourth-order valence-electron chi connectivity index (χ4n) is 4.72. The van der Waals surface area contributed by atoms with Crippen molar-refractivity contribution in [1.29, 1.82) is 0 Å². The molecule has 3 rings (SSSR count). The largest absolute Gasteiger partial charge is 0.302 e. The lowest BCUT2D eigenvalue weighted by atomic mass is 9.78. The van der Waals surface area contributed by atoms with Gasteiger partial charge in [0.15, 0.2) is 0 Å². The Morgan fingerprint density at radius 1 is 0.857 bits per heavy atom. The van der Waals surface area contributed by atoms with Crippen LogP contribution in [-0.2, 0) is 0 Å². The van der Waals surface area contributed by atoms with Crippen LogP contribution >= 0.6 is 0 Å². The summed E-state index contributed by atoms with van der Waals surface area (Å²) in [6.07, 6.45) is 4.27. The van der Waals surface area contributed by atoms with E-state index in [1.165, 1.54) is 65.1 Å². The molecule has 3 heterocycles. The highest BCUT2D eigenvalue weighted by Gasteiger charge is 2.48. The predicted molar refractivity (Wildman–Crippen MR) is 89.6 cm³/mol. The van der Waals surface area contributed by atoms with E-state index in [1.54, 1.807) is 0 Å². The topological polar surface area (TPSA) is 9.72 Å². The van der Waals surface area contributed by atoms with Gasteiger partial charge in [0.25, 0.3) is 0 Å². The maximum Gasteiger partial charge on any atom is 0.00970 e. The lowest BCUT2D eigenvalue weighted by Crippen LogP contribution is -2.59. The zero-order valence-electron chi connectivity index (χ0n) is 14.6. The van der Waals surface area contributed by atoms with Gasteiger partial charge >= 0.3 is 0 Å². The highest BCUT2D eigenvalue weighted by Crippen LogP contribution is 2.40. The maximum absolute atomic E-state index is 2.75. The summed E-state index contributed by atoms with van der Waals surface area (Å²) < 4.78 is 0. The molecule has 0 bridgehead atoms. The lowest BCUT2D eigenvalue weighted by molar-refractivity contribution is -0.0125. The van der Waals surface area contributed by atoms with E-state index in [0.717, 1.165) is 18.0 Å². The van der Waals surface area contributed by atoms with E-state index in [1.807, 2.05) is 0 Å². The number of piperidine rings is 1. The van der Waals surface area contributed by atoms with Gasteiger partial charge < -0.3 is 14.7 Å². The van der Waals surface area contributed by atoms with Crippen molar-refractivity contribution in [1.82, 2.24) is 14.7 Å². The third-order valence-corrected chi connectivity index (χ3v) is 6.21. The summed E-state index contributed by atoms with van der Waals surface area (Å²) in [5.41, 5.74) is 0.670. The van der Waals surface area contributed by atoms with Crippen molar-refractivity contribution in [2.45, 2.75) is 59.0 Å². The zero-order valence-corrected chi connectivity index (χ0v) is 14.6. The van der Waals surface area contributed by atoms with Gasteiger partial charge in [-0.2, -0.15) is 0 Å². The molecule has 3 aliphatic heterocycles. The Hall–Kier alpha value is -0.120. The normalized spacial score (nSPS) is 28.9. The third-order valence-electron chi connectivity index (χ3n) is 6.21. The number of nitrogens with zero attached hydrogens (tertiary/aromatic N) is 3. The fraction of sp³-hybridized carbons (Fsp3) is 1.00. The van der Waals surface area contributed by atoms with Gasteiger partial charge in [-0.15, -0.1) is 0 Å². The van der Waals surface area contributed by atoms with Crippen LogP contribution in [0.15, 0.2) is 0 Å². The minimum absolute atomic E-state index is 0.670. The first-order chi connectivity index (χ1) is 9.97. The van der Waals surface area contributed by atoms with Crippen molar-refractivity contribution in [2.75, 3.05) is 45.8 Å². The predicted octanol–water partition coefficient (Wildman–Crippen LogP) is 2.52. The highest BCUT2D eigenvalue weighted by molar-refractivity contribution is 5.02. The second kappa shape index (κ2) is 6.17. The summed E-state index contributed by atoms with van der Waals surface area (Å²) in [5.74, 6) is 0.958. The fourth-order valence-corrected chi connectivity index (χ4v) is 4.72. The Morgan fingerprint density at radius 3 is 2.00 bits per heavy atom. The minimum Gasteiger partial charge on any atom is -0.302 e. The molecule has 0 saturated carbocycles. The van der Waals surface area contributed by atoms with E-state index < -0.39 is 0 Å². The quantitative estimate of drug-likeness (QED) is 0.788. The Bertz CT molecular complexity index is 338. The van der Waals surface area contributed by atoms with Crippen molar-refractivity contribution < 1.29 is 0 Å². The van der Waals surface area contributed by atoms with Gasteiger partial charge in [0.1, 0.15) is 0 Å². The summed E-state index contributed by atoms with van der Waals surface area (Å²) in [6, 6.07) is 1.47. The molecule has 1 spiro atoms. The van der Waals surface area contributed by atoms with Crippen LogP contribution < -0.4 is 0 Å². The van der Waals surface area contributed by atoms with Crippen molar-refractivity contribution in [3.05, 3.63) is 0 Å². The van der Waals surface area contributed by atoms with Gasteiger partial charge in [-0.25, -0.2) is 0 Å². The molecular weight excluding hydrogens is 258 g/mol. The molecule has 3 nitrogen and oxygen atoms in total. The molecule has 3 saturated heterocycles. The van der Waals surface area contributed by atoms with Crippen LogP contribution in [0.25, 0.3) is 0 Å². The summed E-state index contributed by atoms with van der Waals surface area (Å²) in [6.45, 7) is 18.8. The molecule has 3 fully saturated rings. The van der Waals surface area contributed by atoms with Gasteiger partial charge in [0.2, 0.25) is 0 Å². The Kier molecular flexibility index (Phi) is 4.63. The van der Waals surface area contributed by atoms with E-state index in [2.05, 4.69) is 42.4 Å². The van der Waals surface area contributed by atoms with Crippen LogP contribution in [0.3, 0.4) is 0 Å². The summed E-state index contributed by atoms with van der Waals surface area (Å²) >= 11 is 0. The molecule has 3 aliphatic rings. The number of hydrogen-bond acceptors (Lipinski definition) is 3. The van der Waals surface area contributed by atoms with E-state index in [4.69, 9.17) is 0 Å². The average molecular weight is 293 g/mol. The van der Waals surface area contributed by atoms with E-state index >= 15 is 0 Å². The van der Waals surface area contributed by atoms with Crippen LogP contribution in [0.4, 0.5) is 0 Å². The first-order valence-corrected chi connectivity index (χ1v) is 9.18. The van der Waals surface area contributed by atoms with Gasteiger partial charge in [0, 0.05) is 43.7 Å². The summed E-state index contributed by atoms with van der Waals surface area (Å²) in [7, 11) is 0. The second-order valence-corrected chi connectivity index (χ2v) is 8.56. The van der Waals surface area contributed by atoms with Gasteiger partial charge in [-0.05, 0) is 72.5 Å². The van der Waals surface area contributed by atoms with Crippen molar-refractivity contribution >= 4 is 0 Å². The molecule has 0 amide bonds. The second-order valence-electron chi connectivity index (χ2n) is 8.56. The van der Waals surface area contributed by atoms with Crippen LogP contribution in [0, 0.1) is 11.3 Å². The molecule has 0 atom stereocenters. The smallest absolute Gasteiger partial charge is 0.00970 e. The third kappa shape index (κ3) is 3.46. The SMILES string of the molecule is CC(C)N1CCC(CN2CC3(CCN(C(C)C)C3)C2)CC1. The Balaban J connectivity index is 1.38. The van der Waals surface area contributed by atoms with Crippen LogP contribution in [0.2, 0.25) is 0 Å². The van der Waals surface area contributed by atoms with Crippen molar-refractivity contribution in [3.8, 4) is 0 Å². The molecule has 0 aromatic heterocycles. The van der Waals surface area contributed by atoms with Gasteiger partial charge in [-0.3, -0.25) is 0 Å². The zero-order chi connectivity index (χ0) is 15.0. The minimum atomic E-state index is 0.670. The van der Waals surface area contributed by atoms with Crippen LogP contribution in [0.1, 0.15) is 47.0 Å². The van der Waals surface area contributed by atoms with Crippen LogP contribution in [0.5, 0.6) is 0 Å². The number of rotatable bonds is 4. The van der Waals surface area contributed by atoms with E-state index in [9.17, 15) is 0 Å². The number of likely N-dealkylation sites (tertiary alicyclic amines) is 3. The molecule has 0 aliphatic carbocycles. The van der Waals surface area contributed by atoms with E-state index in [0.29, 0.717) is 5.41 Å². The monoisotopic (exact) mass is 293 g/mol. The molecule has 122 valence electrons.